The highest BCUT2D eigenvalue weighted by molar-refractivity contribution is 7.22. The Morgan fingerprint density at radius 1 is 1.12 bits per heavy atom. The molecule has 84 valence electrons. The largest absolute Gasteiger partial charge is 0.506 e. The van der Waals surface area contributed by atoms with Crippen LogP contribution < -0.4 is 5.56 Å². The zero-order valence-electron chi connectivity index (χ0n) is 8.81. The highest BCUT2D eigenvalue weighted by atomic mass is 32.1. The first-order chi connectivity index (χ1) is 8.24. The number of rotatable bonds is 1. The molecule has 0 bridgehead atoms. The third-order valence-electron chi connectivity index (χ3n) is 2.55. The summed E-state index contributed by atoms with van der Waals surface area (Å²) in [4.78, 5) is 15.0. The van der Waals surface area contributed by atoms with Crippen LogP contribution in [0, 0.1) is 0 Å². The summed E-state index contributed by atoms with van der Waals surface area (Å²) in [5.41, 5.74) is 1.47. The minimum Gasteiger partial charge on any atom is -0.506 e. The summed E-state index contributed by atoms with van der Waals surface area (Å²) in [7, 11) is 0. The Hall–Kier alpha value is -2.07. The molecule has 17 heavy (non-hydrogen) atoms. The van der Waals surface area contributed by atoms with Crippen molar-refractivity contribution < 1.29 is 5.11 Å². The molecule has 1 aromatic carbocycles. The number of aromatic amines is 1. The van der Waals surface area contributed by atoms with Gasteiger partial charge in [0.25, 0.3) is 5.56 Å². The molecular weight excluding hydrogens is 234 g/mol. The fourth-order valence-corrected chi connectivity index (χ4v) is 2.81. The maximum atomic E-state index is 11.2. The van der Waals surface area contributed by atoms with E-state index in [0.717, 1.165) is 10.4 Å². The molecule has 0 spiro atoms. The van der Waals surface area contributed by atoms with Crippen molar-refractivity contribution in [3.05, 3.63) is 52.8 Å². The van der Waals surface area contributed by atoms with Crippen molar-refractivity contribution in [3.8, 4) is 16.2 Å². The number of benzene rings is 1. The molecule has 0 aliphatic heterocycles. The van der Waals surface area contributed by atoms with Gasteiger partial charge in [0.1, 0.15) is 5.75 Å². The second kappa shape index (κ2) is 3.75. The first kappa shape index (κ1) is 10.1. The van der Waals surface area contributed by atoms with Gasteiger partial charge in [0.15, 0.2) is 0 Å². The second-order valence-corrected chi connectivity index (χ2v) is 4.79. The molecule has 0 saturated heterocycles. The number of H-pyrrole nitrogens is 1. The zero-order valence-corrected chi connectivity index (χ0v) is 9.62. The van der Waals surface area contributed by atoms with Gasteiger partial charge in [-0.2, -0.15) is 0 Å². The van der Waals surface area contributed by atoms with E-state index in [-0.39, 0.29) is 11.3 Å². The quantitative estimate of drug-likeness (QED) is 0.690. The third kappa shape index (κ3) is 1.72. The van der Waals surface area contributed by atoms with E-state index in [1.807, 2.05) is 36.4 Å². The van der Waals surface area contributed by atoms with Gasteiger partial charge >= 0.3 is 0 Å². The molecule has 0 saturated carbocycles. The van der Waals surface area contributed by atoms with Crippen LogP contribution >= 0.6 is 11.3 Å². The van der Waals surface area contributed by atoms with E-state index in [9.17, 15) is 9.90 Å². The van der Waals surface area contributed by atoms with E-state index in [4.69, 9.17) is 0 Å². The minimum absolute atomic E-state index is 0.0379. The molecule has 0 fully saturated rings. The highest BCUT2D eigenvalue weighted by Gasteiger charge is 2.08. The maximum Gasteiger partial charge on any atom is 0.252 e. The van der Waals surface area contributed by atoms with Crippen LogP contribution in [0.5, 0.6) is 5.75 Å². The molecule has 2 heterocycles. The smallest absolute Gasteiger partial charge is 0.252 e. The van der Waals surface area contributed by atoms with Crippen LogP contribution in [-0.4, -0.2) is 10.1 Å². The van der Waals surface area contributed by atoms with Crippen molar-refractivity contribution in [2.45, 2.75) is 0 Å². The minimum atomic E-state index is -0.285. The Labute approximate surface area is 101 Å². The number of fused-ring (bicyclic) bond motifs is 1. The zero-order chi connectivity index (χ0) is 11.8. The highest BCUT2D eigenvalue weighted by Crippen LogP contribution is 2.35. The SMILES string of the molecule is O=c1cc(O)c2sc(-c3ccccc3)cc2[nH]1. The van der Waals surface area contributed by atoms with Gasteiger partial charge in [-0.3, -0.25) is 4.79 Å². The van der Waals surface area contributed by atoms with Crippen LogP contribution in [0.2, 0.25) is 0 Å². The van der Waals surface area contributed by atoms with Gasteiger partial charge in [-0.05, 0) is 11.6 Å². The molecule has 0 aliphatic rings. The lowest BCUT2D eigenvalue weighted by molar-refractivity contribution is 0.481. The number of aromatic nitrogens is 1. The standard InChI is InChI=1S/C13H9NO2S/c15-10-7-12(16)14-9-6-11(17-13(9)10)8-4-2-1-3-5-8/h1-7H,(H2,14,15,16). The molecule has 0 unspecified atom stereocenters. The van der Waals surface area contributed by atoms with Crippen molar-refractivity contribution in [1.82, 2.24) is 4.98 Å². The van der Waals surface area contributed by atoms with Gasteiger partial charge in [-0.15, -0.1) is 11.3 Å². The molecule has 2 N–H and O–H groups in total. The molecule has 0 amide bonds. The van der Waals surface area contributed by atoms with E-state index in [0.29, 0.717) is 10.2 Å². The number of hydrogen-bond donors (Lipinski definition) is 2. The van der Waals surface area contributed by atoms with E-state index >= 15 is 0 Å². The first-order valence-corrected chi connectivity index (χ1v) is 5.97. The summed E-state index contributed by atoms with van der Waals surface area (Å²) in [6.07, 6.45) is 0. The van der Waals surface area contributed by atoms with Gasteiger partial charge in [-0.25, -0.2) is 0 Å². The Balaban J connectivity index is 2.27. The normalized spacial score (nSPS) is 10.8. The topological polar surface area (TPSA) is 53.1 Å². The summed E-state index contributed by atoms with van der Waals surface area (Å²) >= 11 is 1.47. The maximum absolute atomic E-state index is 11.2. The summed E-state index contributed by atoms with van der Waals surface area (Å²) < 4.78 is 0.712. The molecule has 3 rings (SSSR count). The van der Waals surface area contributed by atoms with E-state index < -0.39 is 0 Å². The molecule has 0 atom stereocenters. The van der Waals surface area contributed by atoms with Gasteiger partial charge < -0.3 is 10.1 Å². The van der Waals surface area contributed by atoms with Gasteiger partial charge in [0.05, 0.1) is 10.2 Å². The summed E-state index contributed by atoms with van der Waals surface area (Å²) in [6.45, 7) is 0. The predicted molar refractivity (Wildman–Crippen MR) is 69.5 cm³/mol. The lowest BCUT2D eigenvalue weighted by atomic mass is 10.2. The molecule has 2 aromatic heterocycles. The van der Waals surface area contributed by atoms with Crippen molar-refractivity contribution in [1.29, 1.82) is 0 Å². The number of aromatic hydroxyl groups is 1. The van der Waals surface area contributed by atoms with Crippen molar-refractivity contribution in [2.75, 3.05) is 0 Å². The van der Waals surface area contributed by atoms with Crippen LogP contribution in [-0.2, 0) is 0 Å². The Bertz CT molecular complexity index is 728. The average molecular weight is 243 g/mol. The van der Waals surface area contributed by atoms with E-state index in [2.05, 4.69) is 4.98 Å². The predicted octanol–water partition coefficient (Wildman–Crippen LogP) is 2.96. The number of hydrogen-bond acceptors (Lipinski definition) is 3. The van der Waals surface area contributed by atoms with Crippen LogP contribution in [0.15, 0.2) is 47.3 Å². The Morgan fingerprint density at radius 3 is 2.65 bits per heavy atom. The summed E-state index contributed by atoms with van der Waals surface area (Å²) in [5, 5.41) is 9.70. The van der Waals surface area contributed by atoms with Crippen LogP contribution in [0.25, 0.3) is 20.7 Å². The van der Waals surface area contributed by atoms with Crippen LogP contribution in [0.1, 0.15) is 0 Å². The first-order valence-electron chi connectivity index (χ1n) is 5.15. The van der Waals surface area contributed by atoms with Crippen LogP contribution in [0.4, 0.5) is 0 Å². The molecule has 0 radical (unpaired) electrons. The van der Waals surface area contributed by atoms with Gasteiger partial charge in [0.2, 0.25) is 0 Å². The number of thiophene rings is 1. The lowest BCUT2D eigenvalue weighted by Crippen LogP contribution is -2.01. The van der Waals surface area contributed by atoms with E-state index in [1.165, 1.54) is 17.4 Å². The van der Waals surface area contributed by atoms with Gasteiger partial charge in [-0.1, -0.05) is 30.3 Å². The summed E-state index contributed by atoms with van der Waals surface area (Å²) in [5.74, 6) is 0.0379. The third-order valence-corrected chi connectivity index (χ3v) is 3.76. The Morgan fingerprint density at radius 2 is 1.88 bits per heavy atom. The fourth-order valence-electron chi connectivity index (χ4n) is 1.78. The molecule has 0 aliphatic carbocycles. The molecule has 3 nitrogen and oxygen atoms in total. The molecule has 4 heteroatoms. The molecule has 3 aromatic rings. The van der Waals surface area contributed by atoms with Gasteiger partial charge in [0, 0.05) is 10.9 Å². The second-order valence-electron chi connectivity index (χ2n) is 3.74. The summed E-state index contributed by atoms with van der Waals surface area (Å²) in [6, 6.07) is 13.0. The lowest BCUT2D eigenvalue weighted by Gasteiger charge is -1.93. The Kier molecular flexibility index (Phi) is 2.23. The molecular formula is C13H9NO2S. The van der Waals surface area contributed by atoms with Crippen molar-refractivity contribution in [3.63, 3.8) is 0 Å². The van der Waals surface area contributed by atoms with E-state index in [1.54, 1.807) is 0 Å². The van der Waals surface area contributed by atoms with Crippen molar-refractivity contribution in [2.24, 2.45) is 0 Å². The fraction of sp³-hybridized carbons (Fsp3) is 0. The number of pyridine rings is 1. The van der Waals surface area contributed by atoms with Crippen LogP contribution in [0.3, 0.4) is 0 Å². The van der Waals surface area contributed by atoms with Crippen molar-refractivity contribution >= 4 is 21.6 Å². The number of nitrogens with one attached hydrogen (secondary N) is 1. The monoisotopic (exact) mass is 243 g/mol. The average Bonchev–Trinajstić information content (AvgIpc) is 2.74.